The number of benzene rings is 9. The van der Waals surface area contributed by atoms with Crippen LogP contribution in [0.2, 0.25) is 0 Å². The largest absolute Gasteiger partial charge is 0.454 e. The smallest absolute Gasteiger partial charge is 0.156 e. The van der Waals surface area contributed by atoms with E-state index in [2.05, 4.69) is 259 Å². The van der Waals surface area contributed by atoms with Crippen molar-refractivity contribution in [2.45, 2.75) is 77.0 Å². The lowest BCUT2D eigenvalue weighted by Crippen LogP contribution is -2.33. The first-order valence-electron chi connectivity index (χ1n) is 24.6. The highest BCUT2D eigenvalue weighted by atomic mass is 16.5. The predicted molar refractivity (Wildman–Crippen MR) is 288 cm³/mol. The lowest BCUT2D eigenvalue weighted by molar-refractivity contribution is 0.437. The third-order valence-corrected chi connectivity index (χ3v) is 15.8. The number of rotatable bonds is 4. The van der Waals surface area contributed by atoms with Gasteiger partial charge in [-0.05, 0) is 121 Å². The van der Waals surface area contributed by atoms with Crippen LogP contribution in [0.1, 0.15) is 99.9 Å². The molecule has 0 unspecified atom stereocenters. The number of ether oxygens (including phenoxy) is 1. The minimum Gasteiger partial charge on any atom is -0.454 e. The Hall–Kier alpha value is -7.62. The molecule has 13 rings (SSSR count). The van der Waals surface area contributed by atoms with Crippen molar-refractivity contribution in [3.05, 3.63) is 239 Å². The van der Waals surface area contributed by atoms with Crippen LogP contribution in [-0.2, 0) is 21.7 Å². The van der Waals surface area contributed by atoms with Gasteiger partial charge in [0, 0.05) is 44.4 Å². The molecule has 0 N–H and O–H groups in total. The summed E-state index contributed by atoms with van der Waals surface area (Å²) in [6, 6.07) is 72.9. The summed E-state index contributed by atoms with van der Waals surface area (Å²) in [6.07, 6.45) is 0. The number of hydrogen-bond acceptors (Lipinski definition) is 2. The highest BCUT2D eigenvalue weighted by Gasteiger charge is 2.52. The number of anilines is 3. The number of aromatic nitrogens is 1. The summed E-state index contributed by atoms with van der Waals surface area (Å²) < 4.78 is 9.92. The fraction of sp³-hybridized carbons (Fsp3) is 0.182. The standard InChI is InChI=1S/C66H56N2O/c1-63(2,3)41-31-34-48-49-35-32-42(64(4,5)6)38-57(49)66(56(48)37-41)53-25-13-16-30-61(53)69-62-54(66)26-18-29-60(62)67(45-33-36-47-46-21-9-12-24-52(46)65(7,8)55(47)40-45)43-19-17-20-44(39-43)68-58-27-14-10-22-50(58)51-23-11-15-28-59(51)68/h9-40H,1-8H3. The molecule has 2 aliphatic carbocycles. The topological polar surface area (TPSA) is 17.4 Å². The fourth-order valence-electron chi connectivity index (χ4n) is 12.3. The predicted octanol–water partition coefficient (Wildman–Crippen LogP) is 17.6. The maximum Gasteiger partial charge on any atom is 0.156 e. The van der Waals surface area contributed by atoms with Crippen molar-refractivity contribution in [3.8, 4) is 39.4 Å². The summed E-state index contributed by atoms with van der Waals surface area (Å²) in [5.41, 5.74) is 21.0. The van der Waals surface area contributed by atoms with Gasteiger partial charge in [-0.1, -0.05) is 195 Å². The van der Waals surface area contributed by atoms with Crippen LogP contribution >= 0.6 is 0 Å². The Kier molecular flexibility index (Phi) is 8.70. The molecule has 0 atom stereocenters. The molecular formula is C66H56N2O. The van der Waals surface area contributed by atoms with Gasteiger partial charge in [-0.3, -0.25) is 0 Å². The van der Waals surface area contributed by atoms with Crippen molar-refractivity contribution < 1.29 is 4.74 Å². The first-order chi connectivity index (χ1) is 33.2. The Balaban J connectivity index is 1.11. The van der Waals surface area contributed by atoms with E-state index in [1.165, 1.54) is 83.0 Å². The van der Waals surface area contributed by atoms with Crippen molar-refractivity contribution in [2.24, 2.45) is 0 Å². The Labute approximate surface area is 406 Å². The van der Waals surface area contributed by atoms with E-state index in [0.717, 1.165) is 39.8 Å². The van der Waals surface area contributed by atoms with Crippen molar-refractivity contribution in [3.63, 3.8) is 0 Å². The van der Waals surface area contributed by atoms with E-state index < -0.39 is 5.41 Å². The van der Waals surface area contributed by atoms with Gasteiger partial charge in [0.1, 0.15) is 5.75 Å². The molecule has 336 valence electrons. The van der Waals surface area contributed by atoms with Gasteiger partial charge in [0.2, 0.25) is 0 Å². The molecule has 0 bridgehead atoms. The molecule has 0 saturated heterocycles. The van der Waals surface area contributed by atoms with Crippen molar-refractivity contribution >= 4 is 38.9 Å². The first-order valence-corrected chi connectivity index (χ1v) is 24.6. The van der Waals surface area contributed by atoms with Gasteiger partial charge in [-0.25, -0.2) is 0 Å². The van der Waals surface area contributed by atoms with Crippen LogP contribution in [0.3, 0.4) is 0 Å². The molecule has 3 aliphatic rings. The zero-order valence-corrected chi connectivity index (χ0v) is 40.8. The fourth-order valence-corrected chi connectivity index (χ4v) is 12.3. The molecule has 10 aromatic rings. The van der Waals surface area contributed by atoms with Crippen LogP contribution in [0.25, 0.3) is 49.7 Å². The van der Waals surface area contributed by atoms with E-state index in [9.17, 15) is 0 Å². The van der Waals surface area contributed by atoms with Crippen LogP contribution in [0, 0.1) is 0 Å². The second-order valence-corrected chi connectivity index (χ2v) is 22.1. The van der Waals surface area contributed by atoms with Crippen molar-refractivity contribution in [1.82, 2.24) is 4.57 Å². The molecule has 3 nitrogen and oxygen atoms in total. The van der Waals surface area contributed by atoms with Gasteiger partial charge in [0.25, 0.3) is 0 Å². The van der Waals surface area contributed by atoms with Gasteiger partial charge in [-0.15, -0.1) is 0 Å². The molecule has 0 amide bonds. The minimum absolute atomic E-state index is 0.0594. The van der Waals surface area contributed by atoms with E-state index in [1.807, 2.05) is 0 Å². The second kappa shape index (κ2) is 14.5. The zero-order valence-electron chi connectivity index (χ0n) is 40.8. The molecular weight excluding hydrogens is 837 g/mol. The molecule has 1 aliphatic heterocycles. The van der Waals surface area contributed by atoms with Gasteiger partial charge >= 0.3 is 0 Å². The number of para-hydroxylation sites is 4. The quantitative estimate of drug-likeness (QED) is 0.175. The Bertz CT molecular complexity index is 3660. The third-order valence-electron chi connectivity index (χ3n) is 15.8. The lowest BCUT2D eigenvalue weighted by atomic mass is 9.64. The Morgan fingerprint density at radius 3 is 1.61 bits per heavy atom. The summed E-state index contributed by atoms with van der Waals surface area (Å²) in [6.45, 7) is 18.7. The van der Waals surface area contributed by atoms with Crippen molar-refractivity contribution in [2.75, 3.05) is 4.90 Å². The summed E-state index contributed by atoms with van der Waals surface area (Å²) in [5.74, 6) is 1.74. The first kappa shape index (κ1) is 41.6. The summed E-state index contributed by atoms with van der Waals surface area (Å²) in [5, 5.41) is 2.48. The van der Waals surface area contributed by atoms with Crippen LogP contribution in [0.15, 0.2) is 194 Å². The summed E-state index contributed by atoms with van der Waals surface area (Å²) in [4.78, 5) is 2.46. The maximum absolute atomic E-state index is 7.50. The summed E-state index contributed by atoms with van der Waals surface area (Å²) >= 11 is 0. The third kappa shape index (κ3) is 5.86. The zero-order chi connectivity index (χ0) is 47.2. The maximum atomic E-state index is 7.50. The van der Waals surface area contributed by atoms with E-state index in [4.69, 9.17) is 4.74 Å². The molecule has 0 saturated carbocycles. The molecule has 2 heterocycles. The molecule has 9 aromatic carbocycles. The van der Waals surface area contributed by atoms with Crippen LogP contribution < -0.4 is 9.64 Å². The molecule has 0 fully saturated rings. The van der Waals surface area contributed by atoms with Crippen LogP contribution in [-0.4, -0.2) is 4.57 Å². The second-order valence-electron chi connectivity index (χ2n) is 22.1. The molecule has 0 radical (unpaired) electrons. The average Bonchev–Trinajstić information content (AvgIpc) is 3.92. The normalized spacial score (nSPS) is 14.7. The van der Waals surface area contributed by atoms with Gasteiger partial charge < -0.3 is 14.2 Å². The number of nitrogens with zero attached hydrogens (tertiary/aromatic N) is 2. The summed E-state index contributed by atoms with van der Waals surface area (Å²) in [7, 11) is 0. The molecule has 69 heavy (non-hydrogen) atoms. The average molecular weight is 893 g/mol. The van der Waals surface area contributed by atoms with Crippen LogP contribution in [0.5, 0.6) is 11.5 Å². The lowest BCUT2D eigenvalue weighted by Gasteiger charge is -2.42. The van der Waals surface area contributed by atoms with E-state index in [-0.39, 0.29) is 16.2 Å². The Morgan fingerprint density at radius 2 is 0.942 bits per heavy atom. The number of fused-ring (bicyclic) bond motifs is 15. The van der Waals surface area contributed by atoms with Gasteiger partial charge in [0.15, 0.2) is 5.75 Å². The molecule has 1 spiro atoms. The highest BCUT2D eigenvalue weighted by molar-refractivity contribution is 6.09. The van der Waals surface area contributed by atoms with Crippen LogP contribution in [0.4, 0.5) is 17.1 Å². The Morgan fingerprint density at radius 1 is 0.420 bits per heavy atom. The monoisotopic (exact) mass is 892 g/mol. The van der Waals surface area contributed by atoms with Gasteiger partial charge in [0.05, 0.1) is 22.1 Å². The van der Waals surface area contributed by atoms with Crippen molar-refractivity contribution in [1.29, 1.82) is 0 Å². The van der Waals surface area contributed by atoms with E-state index in [1.54, 1.807) is 0 Å². The highest BCUT2D eigenvalue weighted by Crippen LogP contribution is 2.65. The molecule has 3 heteroatoms. The van der Waals surface area contributed by atoms with E-state index >= 15 is 0 Å². The van der Waals surface area contributed by atoms with E-state index in [0.29, 0.717) is 0 Å². The van der Waals surface area contributed by atoms with Gasteiger partial charge in [-0.2, -0.15) is 0 Å². The SMILES string of the molecule is CC(C)(C)c1ccc2c(c1)C1(c3ccccc3Oc3c(N(c4cccc(-n5c6ccccc6c6ccccc65)c4)c4ccc5c(c4)C(C)(C)c4ccccc4-5)cccc31)c1cc(C(C)(C)C)ccc1-2. The number of hydrogen-bond donors (Lipinski definition) is 0. The molecule has 1 aromatic heterocycles. The minimum atomic E-state index is -0.661.